The molecule has 1 N–H and O–H groups in total. The number of amides is 1. The Morgan fingerprint density at radius 3 is 2.48 bits per heavy atom. The fourth-order valence-corrected chi connectivity index (χ4v) is 3.65. The van der Waals surface area contributed by atoms with Gasteiger partial charge in [-0.05, 0) is 54.7 Å². The number of carbonyl (C=O) groups is 1. The van der Waals surface area contributed by atoms with Crippen molar-refractivity contribution in [3.05, 3.63) is 64.7 Å². The van der Waals surface area contributed by atoms with E-state index in [1.165, 1.54) is 5.56 Å². The Hall–Kier alpha value is -2.37. The number of aryl methyl sites for hydroxylation is 2. The van der Waals surface area contributed by atoms with Crippen LogP contribution >= 0.6 is 0 Å². The monoisotopic (exact) mass is 396 g/mol. The van der Waals surface area contributed by atoms with E-state index in [1.54, 1.807) is 0 Å². The lowest BCUT2D eigenvalue weighted by molar-refractivity contribution is -0.128. The van der Waals surface area contributed by atoms with Crippen LogP contribution < -0.4 is 10.1 Å². The zero-order chi connectivity index (χ0) is 20.6. The van der Waals surface area contributed by atoms with Crippen LogP contribution in [0.1, 0.15) is 35.6 Å². The summed E-state index contributed by atoms with van der Waals surface area (Å²) in [6, 6.07) is 14.4. The normalized spacial score (nSPS) is 15.7. The summed E-state index contributed by atoms with van der Waals surface area (Å²) in [5.41, 5.74) is 4.63. The molecule has 2 aromatic carbocycles. The molecule has 0 spiro atoms. The average Bonchev–Trinajstić information content (AvgIpc) is 2.70. The molecule has 0 aliphatic carbocycles. The van der Waals surface area contributed by atoms with Crippen molar-refractivity contribution in [3.8, 4) is 5.75 Å². The zero-order valence-electron chi connectivity index (χ0n) is 17.7. The third kappa shape index (κ3) is 6.58. The van der Waals surface area contributed by atoms with Crippen molar-refractivity contribution in [2.24, 2.45) is 0 Å². The summed E-state index contributed by atoms with van der Waals surface area (Å²) in [7, 11) is 0. The summed E-state index contributed by atoms with van der Waals surface area (Å²) >= 11 is 0. The molecule has 1 amide bonds. The lowest BCUT2D eigenvalue weighted by Crippen LogP contribution is -2.37. The predicted octanol–water partition coefficient (Wildman–Crippen LogP) is 3.61. The summed E-state index contributed by atoms with van der Waals surface area (Å²) in [5, 5.41) is 3.03. The van der Waals surface area contributed by atoms with E-state index in [2.05, 4.69) is 40.5 Å². The topological polar surface area (TPSA) is 50.8 Å². The summed E-state index contributed by atoms with van der Waals surface area (Å²) in [4.78, 5) is 15.1. The van der Waals surface area contributed by atoms with Gasteiger partial charge < -0.3 is 14.8 Å². The predicted molar refractivity (Wildman–Crippen MR) is 115 cm³/mol. The first-order chi connectivity index (χ1) is 14.0. The van der Waals surface area contributed by atoms with Gasteiger partial charge in [-0.2, -0.15) is 0 Å². The molecule has 0 unspecified atom stereocenters. The first-order valence-corrected chi connectivity index (χ1v) is 10.4. The lowest BCUT2D eigenvalue weighted by atomic mass is 10.1. The zero-order valence-corrected chi connectivity index (χ0v) is 17.7. The van der Waals surface area contributed by atoms with Crippen LogP contribution in [0.25, 0.3) is 0 Å². The molecule has 5 heteroatoms. The maximum atomic E-state index is 12.7. The van der Waals surface area contributed by atoms with E-state index >= 15 is 0 Å². The number of nitrogens with one attached hydrogen (secondary N) is 1. The minimum absolute atomic E-state index is 0.0785. The number of benzene rings is 2. The summed E-state index contributed by atoms with van der Waals surface area (Å²) in [5.74, 6) is 0.669. The number of hydrogen-bond acceptors (Lipinski definition) is 4. The highest BCUT2D eigenvalue weighted by molar-refractivity contribution is 5.81. The van der Waals surface area contributed by atoms with Crippen molar-refractivity contribution in [1.82, 2.24) is 10.2 Å². The summed E-state index contributed by atoms with van der Waals surface area (Å²) < 4.78 is 11.4. The maximum Gasteiger partial charge on any atom is 0.261 e. The van der Waals surface area contributed by atoms with Gasteiger partial charge in [0.25, 0.3) is 5.91 Å². The molecule has 1 aliphatic heterocycles. The molecule has 0 aromatic heterocycles. The smallest absolute Gasteiger partial charge is 0.261 e. The molecule has 156 valence electrons. The second-order valence-corrected chi connectivity index (χ2v) is 7.76. The van der Waals surface area contributed by atoms with Crippen molar-refractivity contribution in [3.63, 3.8) is 0 Å². The van der Waals surface area contributed by atoms with Crippen LogP contribution in [0.4, 0.5) is 0 Å². The molecule has 3 rings (SSSR count). The van der Waals surface area contributed by atoms with E-state index in [-0.39, 0.29) is 5.91 Å². The van der Waals surface area contributed by atoms with E-state index in [9.17, 15) is 4.79 Å². The number of hydrogen-bond donors (Lipinski definition) is 1. The van der Waals surface area contributed by atoms with Gasteiger partial charge in [0.05, 0.1) is 13.2 Å². The minimum atomic E-state index is -0.493. The Labute approximate surface area is 174 Å². The van der Waals surface area contributed by atoms with E-state index in [0.29, 0.717) is 13.0 Å². The largest absolute Gasteiger partial charge is 0.481 e. The number of carbonyl (C=O) groups excluding carboxylic acids is 1. The molecule has 1 atom stereocenters. The number of rotatable bonds is 8. The van der Waals surface area contributed by atoms with Gasteiger partial charge >= 0.3 is 0 Å². The molecule has 0 radical (unpaired) electrons. The Bertz CT molecular complexity index is 795. The Morgan fingerprint density at radius 1 is 1.10 bits per heavy atom. The van der Waals surface area contributed by atoms with Gasteiger partial charge in [-0.3, -0.25) is 9.69 Å². The van der Waals surface area contributed by atoms with Gasteiger partial charge in [-0.15, -0.1) is 0 Å². The third-order valence-electron chi connectivity index (χ3n) is 5.10. The molecule has 2 aromatic rings. The maximum absolute atomic E-state index is 12.7. The molecule has 0 bridgehead atoms. The first-order valence-electron chi connectivity index (χ1n) is 10.4. The second-order valence-electron chi connectivity index (χ2n) is 7.76. The minimum Gasteiger partial charge on any atom is -0.481 e. The quantitative estimate of drug-likeness (QED) is 0.741. The molecule has 1 heterocycles. The SMILES string of the molecule is CC[C@@H](Oc1cc(C)cc(C)c1)C(=O)NCc1cccc(CN2CCOCC2)c1. The highest BCUT2D eigenvalue weighted by Gasteiger charge is 2.18. The molecular weight excluding hydrogens is 364 g/mol. The van der Waals surface area contributed by atoms with Gasteiger partial charge in [0, 0.05) is 26.2 Å². The van der Waals surface area contributed by atoms with Crippen LogP contribution in [0.15, 0.2) is 42.5 Å². The molecule has 29 heavy (non-hydrogen) atoms. The van der Waals surface area contributed by atoms with Crippen molar-refractivity contribution in [1.29, 1.82) is 0 Å². The van der Waals surface area contributed by atoms with Crippen LogP contribution in [0.2, 0.25) is 0 Å². The summed E-state index contributed by atoms with van der Waals surface area (Å²) in [6.45, 7) is 11.0. The first kappa shape index (κ1) is 21.3. The Morgan fingerprint density at radius 2 is 1.79 bits per heavy atom. The second kappa shape index (κ2) is 10.4. The van der Waals surface area contributed by atoms with Gasteiger partial charge in [-0.1, -0.05) is 37.3 Å². The van der Waals surface area contributed by atoms with E-state index in [4.69, 9.17) is 9.47 Å². The lowest BCUT2D eigenvalue weighted by Gasteiger charge is -2.26. The molecule has 1 saturated heterocycles. The number of ether oxygens (including phenoxy) is 2. The fourth-order valence-electron chi connectivity index (χ4n) is 3.65. The Balaban J connectivity index is 1.55. The van der Waals surface area contributed by atoms with Crippen LogP contribution in [-0.2, 0) is 22.6 Å². The van der Waals surface area contributed by atoms with Gasteiger partial charge in [0.1, 0.15) is 5.75 Å². The molecule has 0 saturated carbocycles. The average molecular weight is 397 g/mol. The molecule has 5 nitrogen and oxygen atoms in total. The van der Waals surface area contributed by atoms with Crippen molar-refractivity contribution in [2.75, 3.05) is 26.3 Å². The molecule has 1 fully saturated rings. The fraction of sp³-hybridized carbons (Fsp3) is 0.458. The van der Waals surface area contributed by atoms with Crippen LogP contribution in [0.5, 0.6) is 5.75 Å². The number of morpholine rings is 1. The van der Waals surface area contributed by atoms with Crippen molar-refractivity contribution >= 4 is 5.91 Å². The van der Waals surface area contributed by atoms with E-state index in [1.807, 2.05) is 32.9 Å². The van der Waals surface area contributed by atoms with E-state index in [0.717, 1.165) is 55.3 Å². The van der Waals surface area contributed by atoms with Gasteiger partial charge in [0.2, 0.25) is 0 Å². The summed E-state index contributed by atoms with van der Waals surface area (Å²) in [6.07, 6.45) is 0.128. The standard InChI is InChI=1S/C24H32N2O3/c1-4-23(29-22-13-18(2)12-19(3)14-22)24(27)25-16-20-6-5-7-21(15-20)17-26-8-10-28-11-9-26/h5-7,12-15,23H,4,8-11,16-17H2,1-3H3,(H,25,27)/t23-/m1/s1. The van der Waals surface area contributed by atoms with Crippen molar-refractivity contribution in [2.45, 2.75) is 46.4 Å². The van der Waals surface area contributed by atoms with Crippen molar-refractivity contribution < 1.29 is 14.3 Å². The Kier molecular flexibility index (Phi) is 7.67. The molecule has 1 aliphatic rings. The highest BCUT2D eigenvalue weighted by Crippen LogP contribution is 2.18. The van der Waals surface area contributed by atoms with Crippen LogP contribution in [-0.4, -0.2) is 43.2 Å². The van der Waals surface area contributed by atoms with Crippen LogP contribution in [0, 0.1) is 13.8 Å². The van der Waals surface area contributed by atoms with Gasteiger partial charge in [0.15, 0.2) is 6.10 Å². The third-order valence-corrected chi connectivity index (χ3v) is 5.10. The van der Waals surface area contributed by atoms with Gasteiger partial charge in [-0.25, -0.2) is 0 Å². The van der Waals surface area contributed by atoms with E-state index < -0.39 is 6.10 Å². The number of nitrogens with zero attached hydrogens (tertiary/aromatic N) is 1. The molecular formula is C24H32N2O3. The highest BCUT2D eigenvalue weighted by atomic mass is 16.5. The van der Waals surface area contributed by atoms with Crippen LogP contribution in [0.3, 0.4) is 0 Å².